The maximum Gasteiger partial charge on any atom is 0.224 e. The number of methoxy groups -OCH3 is 1. The molecule has 1 aliphatic heterocycles. The first-order valence-electron chi connectivity index (χ1n) is 8.60. The minimum Gasteiger partial charge on any atom is -0.497 e. The van der Waals surface area contributed by atoms with E-state index in [9.17, 15) is 4.79 Å². The first-order valence-corrected chi connectivity index (χ1v) is 8.60. The van der Waals surface area contributed by atoms with Gasteiger partial charge >= 0.3 is 0 Å². The lowest BCUT2D eigenvalue weighted by atomic mass is 10.00. The molecule has 0 spiro atoms. The van der Waals surface area contributed by atoms with Gasteiger partial charge in [-0.2, -0.15) is 0 Å². The standard InChI is InChI=1S/C19H30N2O3/c1-14-11-21(12-15(2)24-14)19(3,4)13-20-18(22)10-16-7-6-8-17(9-16)23-5/h6-9,14-15H,10-13H2,1-5H3,(H,20,22)/t14-,15-/m0/s1. The summed E-state index contributed by atoms with van der Waals surface area (Å²) in [4.78, 5) is 14.7. The number of benzene rings is 1. The Labute approximate surface area is 145 Å². The van der Waals surface area contributed by atoms with Crippen LogP contribution in [0.15, 0.2) is 24.3 Å². The first-order chi connectivity index (χ1) is 11.3. The molecule has 24 heavy (non-hydrogen) atoms. The minimum atomic E-state index is -0.101. The molecule has 2 rings (SSSR count). The molecule has 1 fully saturated rings. The van der Waals surface area contributed by atoms with Crippen LogP contribution in [0.1, 0.15) is 33.3 Å². The number of hydrogen-bond acceptors (Lipinski definition) is 4. The van der Waals surface area contributed by atoms with E-state index in [1.807, 2.05) is 24.3 Å². The molecule has 1 amide bonds. The summed E-state index contributed by atoms with van der Waals surface area (Å²) in [7, 11) is 1.63. The van der Waals surface area contributed by atoms with Crippen molar-refractivity contribution in [2.24, 2.45) is 0 Å². The lowest BCUT2D eigenvalue weighted by Crippen LogP contribution is -2.58. The summed E-state index contributed by atoms with van der Waals surface area (Å²) in [6.07, 6.45) is 0.810. The van der Waals surface area contributed by atoms with E-state index in [0.29, 0.717) is 13.0 Å². The van der Waals surface area contributed by atoms with Gasteiger partial charge in [0.1, 0.15) is 5.75 Å². The van der Waals surface area contributed by atoms with Crippen molar-refractivity contribution in [2.45, 2.75) is 51.9 Å². The van der Waals surface area contributed by atoms with E-state index in [-0.39, 0.29) is 23.7 Å². The third kappa shape index (κ3) is 5.21. The molecule has 0 saturated carbocycles. The Hall–Kier alpha value is -1.59. The van der Waals surface area contributed by atoms with Crippen molar-refractivity contribution >= 4 is 5.91 Å². The van der Waals surface area contributed by atoms with E-state index in [1.165, 1.54) is 0 Å². The van der Waals surface area contributed by atoms with E-state index in [4.69, 9.17) is 9.47 Å². The lowest BCUT2D eigenvalue weighted by Gasteiger charge is -2.45. The number of ether oxygens (including phenoxy) is 2. The minimum absolute atomic E-state index is 0.0330. The maximum atomic E-state index is 12.3. The summed E-state index contributed by atoms with van der Waals surface area (Å²) in [6, 6.07) is 7.63. The summed E-state index contributed by atoms with van der Waals surface area (Å²) in [5.74, 6) is 0.808. The van der Waals surface area contributed by atoms with Crippen molar-refractivity contribution in [1.82, 2.24) is 10.2 Å². The zero-order chi connectivity index (χ0) is 17.7. The van der Waals surface area contributed by atoms with Crippen LogP contribution in [0, 0.1) is 0 Å². The van der Waals surface area contributed by atoms with Crippen LogP contribution < -0.4 is 10.1 Å². The van der Waals surface area contributed by atoms with E-state index < -0.39 is 0 Å². The van der Waals surface area contributed by atoms with Gasteiger partial charge in [-0.05, 0) is 45.4 Å². The Bertz CT molecular complexity index is 549. The van der Waals surface area contributed by atoms with Crippen molar-refractivity contribution in [1.29, 1.82) is 0 Å². The first kappa shape index (κ1) is 18.7. The predicted molar refractivity (Wildman–Crippen MR) is 95.4 cm³/mol. The molecular weight excluding hydrogens is 304 g/mol. The molecule has 1 N–H and O–H groups in total. The van der Waals surface area contributed by atoms with Gasteiger partial charge in [-0.3, -0.25) is 9.69 Å². The SMILES string of the molecule is COc1cccc(CC(=O)NCC(C)(C)N2C[C@H](C)O[C@@H](C)C2)c1. The molecule has 0 aliphatic carbocycles. The fourth-order valence-corrected chi connectivity index (χ4v) is 3.13. The van der Waals surface area contributed by atoms with Crippen LogP contribution in [-0.4, -0.2) is 55.3 Å². The summed E-state index contributed by atoms with van der Waals surface area (Å²) < 4.78 is 11.0. The Morgan fingerprint density at radius 1 is 1.33 bits per heavy atom. The van der Waals surface area contributed by atoms with Gasteiger partial charge in [-0.25, -0.2) is 0 Å². The van der Waals surface area contributed by atoms with Crippen LogP contribution in [0.25, 0.3) is 0 Å². The molecule has 5 nitrogen and oxygen atoms in total. The highest BCUT2D eigenvalue weighted by Gasteiger charge is 2.33. The van der Waals surface area contributed by atoms with Crippen molar-refractivity contribution in [2.75, 3.05) is 26.7 Å². The molecule has 1 saturated heterocycles. The fourth-order valence-electron chi connectivity index (χ4n) is 3.13. The van der Waals surface area contributed by atoms with E-state index >= 15 is 0 Å². The van der Waals surface area contributed by atoms with Gasteiger partial charge in [0, 0.05) is 25.2 Å². The summed E-state index contributed by atoms with van der Waals surface area (Å²) in [5.41, 5.74) is 0.856. The molecule has 134 valence electrons. The Kier molecular flexibility index (Phi) is 6.24. The second-order valence-electron chi connectivity index (χ2n) is 7.28. The number of nitrogens with one attached hydrogen (secondary N) is 1. The number of carbonyl (C=O) groups is 1. The molecule has 0 aromatic heterocycles. The molecule has 1 aromatic carbocycles. The van der Waals surface area contributed by atoms with E-state index in [0.717, 1.165) is 24.4 Å². The third-order valence-corrected chi connectivity index (χ3v) is 4.49. The van der Waals surface area contributed by atoms with Crippen LogP contribution in [0.4, 0.5) is 0 Å². The molecular formula is C19H30N2O3. The quantitative estimate of drug-likeness (QED) is 0.867. The Balaban J connectivity index is 1.87. The van der Waals surface area contributed by atoms with Crippen molar-refractivity contribution < 1.29 is 14.3 Å². The number of rotatable bonds is 6. The smallest absolute Gasteiger partial charge is 0.224 e. The van der Waals surface area contributed by atoms with Crippen LogP contribution in [-0.2, 0) is 16.0 Å². The average Bonchev–Trinajstić information content (AvgIpc) is 2.52. The summed E-state index contributed by atoms with van der Waals surface area (Å²) in [6.45, 7) is 10.9. The normalized spacial score (nSPS) is 22.2. The molecule has 2 atom stereocenters. The number of carbonyl (C=O) groups excluding carboxylic acids is 1. The maximum absolute atomic E-state index is 12.3. The average molecular weight is 334 g/mol. The molecule has 0 bridgehead atoms. The molecule has 1 aliphatic rings. The van der Waals surface area contributed by atoms with Gasteiger partial charge in [0.2, 0.25) is 5.91 Å². The van der Waals surface area contributed by atoms with Gasteiger partial charge in [-0.15, -0.1) is 0 Å². The molecule has 1 heterocycles. The molecule has 0 unspecified atom stereocenters. The lowest BCUT2D eigenvalue weighted by molar-refractivity contribution is -0.122. The van der Waals surface area contributed by atoms with Crippen LogP contribution >= 0.6 is 0 Å². The largest absolute Gasteiger partial charge is 0.497 e. The van der Waals surface area contributed by atoms with Crippen molar-refractivity contribution in [3.8, 4) is 5.75 Å². The van der Waals surface area contributed by atoms with Crippen molar-refractivity contribution in [3.05, 3.63) is 29.8 Å². The third-order valence-electron chi connectivity index (χ3n) is 4.49. The molecule has 1 aromatic rings. The van der Waals surface area contributed by atoms with Crippen LogP contribution in [0.3, 0.4) is 0 Å². The van der Waals surface area contributed by atoms with Gasteiger partial charge < -0.3 is 14.8 Å². The fraction of sp³-hybridized carbons (Fsp3) is 0.632. The number of nitrogens with zero attached hydrogens (tertiary/aromatic N) is 1. The predicted octanol–water partition coefficient (Wildman–Crippen LogP) is 2.24. The van der Waals surface area contributed by atoms with Gasteiger partial charge in [0.25, 0.3) is 0 Å². The number of amides is 1. The van der Waals surface area contributed by atoms with E-state index in [1.54, 1.807) is 7.11 Å². The number of morpholine rings is 1. The molecule has 0 radical (unpaired) electrons. The van der Waals surface area contributed by atoms with Crippen molar-refractivity contribution in [3.63, 3.8) is 0 Å². The van der Waals surface area contributed by atoms with Gasteiger partial charge in [-0.1, -0.05) is 12.1 Å². The molecule has 5 heteroatoms. The Morgan fingerprint density at radius 2 is 2.00 bits per heavy atom. The van der Waals surface area contributed by atoms with Crippen LogP contribution in [0.2, 0.25) is 0 Å². The monoisotopic (exact) mass is 334 g/mol. The zero-order valence-electron chi connectivity index (χ0n) is 15.5. The van der Waals surface area contributed by atoms with Gasteiger partial charge in [0.15, 0.2) is 0 Å². The number of hydrogen-bond donors (Lipinski definition) is 1. The second-order valence-corrected chi connectivity index (χ2v) is 7.28. The summed E-state index contributed by atoms with van der Waals surface area (Å²) >= 11 is 0. The van der Waals surface area contributed by atoms with E-state index in [2.05, 4.69) is 37.9 Å². The van der Waals surface area contributed by atoms with Crippen LogP contribution in [0.5, 0.6) is 5.75 Å². The second kappa shape index (κ2) is 7.99. The van der Waals surface area contributed by atoms with Gasteiger partial charge in [0.05, 0.1) is 25.7 Å². The highest BCUT2D eigenvalue weighted by molar-refractivity contribution is 5.78. The highest BCUT2D eigenvalue weighted by Crippen LogP contribution is 2.20. The zero-order valence-corrected chi connectivity index (χ0v) is 15.5. The highest BCUT2D eigenvalue weighted by atomic mass is 16.5. The summed E-state index contributed by atoms with van der Waals surface area (Å²) in [5, 5.41) is 3.07. The topological polar surface area (TPSA) is 50.8 Å². The Morgan fingerprint density at radius 3 is 2.62 bits per heavy atom.